The molecule has 0 aromatic heterocycles. The van der Waals surface area contributed by atoms with E-state index < -0.39 is 15.3 Å². The van der Waals surface area contributed by atoms with E-state index in [4.69, 9.17) is 4.74 Å². The van der Waals surface area contributed by atoms with Crippen molar-refractivity contribution in [2.75, 3.05) is 4.72 Å². The molecule has 1 atom stereocenters. The van der Waals surface area contributed by atoms with Gasteiger partial charge in [0.1, 0.15) is 5.75 Å². The molecule has 0 bridgehead atoms. The van der Waals surface area contributed by atoms with Crippen LogP contribution in [0.5, 0.6) is 5.75 Å². The predicted molar refractivity (Wildman–Crippen MR) is 74.5 cm³/mol. The maximum atomic E-state index is 11.7. The van der Waals surface area contributed by atoms with E-state index in [1.54, 1.807) is 32.0 Å². The molecule has 0 saturated carbocycles. The summed E-state index contributed by atoms with van der Waals surface area (Å²) in [6.45, 7) is 7.30. The Hall–Kier alpha value is -1.23. The van der Waals surface area contributed by atoms with Crippen molar-refractivity contribution in [3.63, 3.8) is 0 Å². The Bertz CT molecular complexity index is 483. The molecule has 0 fully saturated rings. The lowest BCUT2D eigenvalue weighted by Crippen LogP contribution is -2.22. The van der Waals surface area contributed by atoms with Crippen LogP contribution in [0.3, 0.4) is 0 Å². The number of ether oxygens (including phenoxy) is 1. The molecule has 0 aliphatic heterocycles. The highest BCUT2D eigenvalue weighted by Gasteiger charge is 2.15. The predicted octanol–water partition coefficient (Wildman–Crippen LogP) is 3.01. The molecule has 1 N–H and O–H groups in total. The molecule has 1 aromatic carbocycles. The molecule has 0 aliphatic carbocycles. The van der Waals surface area contributed by atoms with Crippen LogP contribution >= 0.6 is 0 Å². The van der Waals surface area contributed by atoms with Crippen molar-refractivity contribution in [2.24, 2.45) is 0 Å². The van der Waals surface area contributed by atoms with Gasteiger partial charge in [-0.1, -0.05) is 13.0 Å². The summed E-state index contributed by atoms with van der Waals surface area (Å²) < 4.78 is 31.7. The second-order valence-corrected chi connectivity index (χ2v) is 6.80. The fraction of sp³-hybridized carbons (Fsp3) is 0.538. The highest BCUT2D eigenvalue weighted by molar-refractivity contribution is 7.93. The van der Waals surface area contributed by atoms with Gasteiger partial charge in [-0.25, -0.2) is 8.42 Å². The van der Waals surface area contributed by atoms with Gasteiger partial charge in [0.25, 0.3) is 0 Å². The van der Waals surface area contributed by atoms with Crippen molar-refractivity contribution in [1.29, 1.82) is 0 Å². The average molecular weight is 271 g/mol. The number of hydrogen-bond donors (Lipinski definition) is 1. The Morgan fingerprint density at radius 1 is 1.28 bits per heavy atom. The first-order valence-corrected chi connectivity index (χ1v) is 7.68. The molecule has 0 aliphatic rings. The number of anilines is 1. The first-order valence-electron chi connectivity index (χ1n) is 6.13. The summed E-state index contributed by atoms with van der Waals surface area (Å²) in [5.74, 6) is 0.674. The van der Waals surface area contributed by atoms with Gasteiger partial charge >= 0.3 is 0 Å². The first-order chi connectivity index (χ1) is 8.35. The second-order valence-electron chi connectivity index (χ2n) is 4.56. The Kier molecular flexibility index (Phi) is 5.02. The Balaban J connectivity index is 2.83. The molecule has 0 radical (unpaired) electrons. The minimum absolute atomic E-state index is 0.113. The van der Waals surface area contributed by atoms with Crippen LogP contribution in [0.2, 0.25) is 0 Å². The van der Waals surface area contributed by atoms with Crippen molar-refractivity contribution in [3.8, 4) is 5.75 Å². The molecule has 0 saturated heterocycles. The van der Waals surface area contributed by atoms with E-state index in [9.17, 15) is 8.42 Å². The molecule has 1 aromatic rings. The van der Waals surface area contributed by atoms with Crippen LogP contribution < -0.4 is 9.46 Å². The van der Waals surface area contributed by atoms with Gasteiger partial charge in [0.2, 0.25) is 10.0 Å². The van der Waals surface area contributed by atoms with E-state index in [0.29, 0.717) is 11.4 Å². The summed E-state index contributed by atoms with van der Waals surface area (Å²) in [6.07, 6.45) is 1.02. The lowest BCUT2D eigenvalue weighted by Gasteiger charge is -2.15. The Morgan fingerprint density at radius 2 is 1.94 bits per heavy atom. The van der Waals surface area contributed by atoms with Crippen LogP contribution in [0, 0.1) is 0 Å². The van der Waals surface area contributed by atoms with Gasteiger partial charge in [-0.15, -0.1) is 0 Å². The molecular weight excluding hydrogens is 250 g/mol. The zero-order valence-corrected chi connectivity index (χ0v) is 12.1. The molecule has 4 nitrogen and oxygen atoms in total. The van der Waals surface area contributed by atoms with E-state index in [-0.39, 0.29) is 6.10 Å². The van der Waals surface area contributed by atoms with E-state index >= 15 is 0 Å². The van der Waals surface area contributed by atoms with Crippen LogP contribution in [-0.2, 0) is 10.0 Å². The number of hydrogen-bond acceptors (Lipinski definition) is 3. The molecule has 0 amide bonds. The molecule has 102 valence electrons. The largest absolute Gasteiger partial charge is 0.491 e. The number of rotatable bonds is 6. The van der Waals surface area contributed by atoms with E-state index in [1.165, 1.54) is 0 Å². The van der Waals surface area contributed by atoms with Crippen molar-refractivity contribution < 1.29 is 13.2 Å². The Morgan fingerprint density at radius 3 is 2.50 bits per heavy atom. The third-order valence-electron chi connectivity index (χ3n) is 2.63. The van der Waals surface area contributed by atoms with Gasteiger partial charge in [-0.2, -0.15) is 0 Å². The zero-order chi connectivity index (χ0) is 13.8. The normalized spacial score (nSPS) is 13.4. The van der Waals surface area contributed by atoms with Gasteiger partial charge in [0.05, 0.1) is 17.0 Å². The average Bonchev–Trinajstić information content (AvgIpc) is 2.28. The molecule has 5 heteroatoms. The number of benzene rings is 1. The number of nitrogens with one attached hydrogen (secondary N) is 1. The van der Waals surface area contributed by atoms with Crippen LogP contribution in [0.25, 0.3) is 0 Å². The van der Waals surface area contributed by atoms with Crippen molar-refractivity contribution in [3.05, 3.63) is 24.3 Å². The van der Waals surface area contributed by atoms with E-state index in [2.05, 4.69) is 4.72 Å². The van der Waals surface area contributed by atoms with Crippen molar-refractivity contribution in [2.45, 2.75) is 45.5 Å². The molecule has 0 heterocycles. The quantitative estimate of drug-likeness (QED) is 0.865. The highest BCUT2D eigenvalue weighted by Crippen LogP contribution is 2.20. The summed E-state index contributed by atoms with van der Waals surface area (Å²) in [5, 5.41) is -0.461. The fourth-order valence-electron chi connectivity index (χ4n) is 1.23. The van der Waals surface area contributed by atoms with Crippen molar-refractivity contribution >= 4 is 15.7 Å². The minimum atomic E-state index is -3.31. The van der Waals surface area contributed by atoms with Gasteiger partial charge in [-0.05, 0) is 39.3 Å². The lowest BCUT2D eigenvalue weighted by atomic mass is 10.3. The van der Waals surface area contributed by atoms with Crippen LogP contribution in [0.1, 0.15) is 34.1 Å². The van der Waals surface area contributed by atoms with Gasteiger partial charge in [0, 0.05) is 6.07 Å². The lowest BCUT2D eigenvalue weighted by molar-refractivity contribution is 0.217. The van der Waals surface area contributed by atoms with Crippen LogP contribution in [0.15, 0.2) is 24.3 Å². The monoisotopic (exact) mass is 271 g/mol. The maximum Gasteiger partial charge on any atom is 0.235 e. The maximum absolute atomic E-state index is 11.7. The summed E-state index contributed by atoms with van der Waals surface area (Å²) in [4.78, 5) is 0. The summed E-state index contributed by atoms with van der Waals surface area (Å²) >= 11 is 0. The minimum Gasteiger partial charge on any atom is -0.491 e. The van der Waals surface area contributed by atoms with E-state index in [1.807, 2.05) is 19.9 Å². The molecule has 0 spiro atoms. The smallest absolute Gasteiger partial charge is 0.235 e. The molecular formula is C13H21NO3S. The van der Waals surface area contributed by atoms with Gasteiger partial charge in [0.15, 0.2) is 0 Å². The molecule has 1 unspecified atom stereocenters. The number of sulfonamides is 1. The Labute approximate surface area is 109 Å². The third kappa shape index (κ3) is 4.22. The van der Waals surface area contributed by atoms with Gasteiger partial charge < -0.3 is 4.74 Å². The second kappa shape index (κ2) is 6.09. The fourth-order valence-corrected chi connectivity index (χ4v) is 1.92. The standard InChI is InChI=1S/C13H21NO3S/c1-5-11(4)17-13-8-6-7-12(9-13)14-18(15,16)10(2)3/h6-11,14H,5H2,1-4H3. The van der Waals surface area contributed by atoms with Crippen molar-refractivity contribution in [1.82, 2.24) is 0 Å². The van der Waals surface area contributed by atoms with Crippen LogP contribution in [-0.4, -0.2) is 19.8 Å². The molecule has 1 rings (SSSR count). The first kappa shape index (κ1) is 14.8. The zero-order valence-electron chi connectivity index (χ0n) is 11.3. The summed E-state index contributed by atoms with van der Waals surface area (Å²) in [5.41, 5.74) is 0.532. The summed E-state index contributed by atoms with van der Waals surface area (Å²) in [7, 11) is -3.31. The van der Waals surface area contributed by atoms with Crippen LogP contribution in [0.4, 0.5) is 5.69 Å². The van der Waals surface area contributed by atoms with Gasteiger partial charge in [-0.3, -0.25) is 4.72 Å². The van der Waals surface area contributed by atoms with E-state index in [0.717, 1.165) is 6.42 Å². The third-order valence-corrected chi connectivity index (χ3v) is 4.39. The highest BCUT2D eigenvalue weighted by atomic mass is 32.2. The summed E-state index contributed by atoms with van der Waals surface area (Å²) in [6, 6.07) is 7.00. The SMILES string of the molecule is CCC(C)Oc1cccc(NS(=O)(=O)C(C)C)c1. The molecule has 18 heavy (non-hydrogen) atoms. The topological polar surface area (TPSA) is 55.4 Å².